The van der Waals surface area contributed by atoms with Gasteiger partial charge in [-0.25, -0.2) is 0 Å². The van der Waals surface area contributed by atoms with Crippen LogP contribution in [0.3, 0.4) is 0 Å². The van der Waals surface area contributed by atoms with Gasteiger partial charge in [-0.1, -0.05) is 17.7 Å². The third kappa shape index (κ3) is 3.18. The van der Waals surface area contributed by atoms with Crippen molar-refractivity contribution in [2.75, 3.05) is 12.8 Å². The molecule has 3 aromatic rings. The Labute approximate surface area is 133 Å². The van der Waals surface area contributed by atoms with Crippen LogP contribution in [-0.2, 0) is 13.1 Å². The van der Waals surface area contributed by atoms with E-state index in [4.69, 9.17) is 17.3 Å². The summed E-state index contributed by atoms with van der Waals surface area (Å²) in [5.74, 6) is 0. The molecule has 2 N–H and O–H groups in total. The van der Waals surface area contributed by atoms with Gasteiger partial charge >= 0.3 is 0 Å². The second kappa shape index (κ2) is 6.02. The Kier molecular flexibility index (Phi) is 4.10. The number of benzene rings is 1. The number of anilines is 1. The SMILES string of the molecule is CN(Cc1ccc(Cl)s1)Cc1ccc(N)c2cccnc12. The van der Waals surface area contributed by atoms with E-state index >= 15 is 0 Å². The highest BCUT2D eigenvalue weighted by molar-refractivity contribution is 7.16. The number of aromatic nitrogens is 1. The molecular formula is C16H16ClN3S. The molecule has 5 heteroatoms. The molecule has 0 saturated carbocycles. The van der Waals surface area contributed by atoms with E-state index in [-0.39, 0.29) is 0 Å². The maximum absolute atomic E-state index is 6.02. The molecule has 108 valence electrons. The minimum absolute atomic E-state index is 0.773. The Balaban J connectivity index is 1.83. The van der Waals surface area contributed by atoms with Crippen molar-refractivity contribution in [3.8, 4) is 0 Å². The van der Waals surface area contributed by atoms with Crippen molar-refractivity contribution in [1.82, 2.24) is 9.88 Å². The summed E-state index contributed by atoms with van der Waals surface area (Å²) in [7, 11) is 2.10. The summed E-state index contributed by atoms with van der Waals surface area (Å²) in [6.07, 6.45) is 1.81. The van der Waals surface area contributed by atoms with Crippen LogP contribution >= 0.6 is 22.9 Å². The van der Waals surface area contributed by atoms with Crippen molar-refractivity contribution in [3.05, 3.63) is 57.4 Å². The molecule has 0 radical (unpaired) electrons. The van der Waals surface area contributed by atoms with E-state index < -0.39 is 0 Å². The molecule has 1 aromatic carbocycles. The summed E-state index contributed by atoms with van der Waals surface area (Å²) in [5, 5.41) is 1.02. The van der Waals surface area contributed by atoms with Crippen LogP contribution in [0.2, 0.25) is 4.34 Å². The highest BCUT2D eigenvalue weighted by Crippen LogP contribution is 2.25. The summed E-state index contributed by atoms with van der Waals surface area (Å²) in [6, 6.07) is 12.0. The van der Waals surface area contributed by atoms with Crippen LogP contribution in [0.15, 0.2) is 42.6 Å². The lowest BCUT2D eigenvalue weighted by Gasteiger charge is -2.17. The molecule has 0 amide bonds. The number of hydrogen-bond acceptors (Lipinski definition) is 4. The molecule has 0 bridgehead atoms. The minimum Gasteiger partial charge on any atom is -0.398 e. The van der Waals surface area contributed by atoms with E-state index in [0.717, 1.165) is 34.0 Å². The fraction of sp³-hybridized carbons (Fsp3) is 0.188. The highest BCUT2D eigenvalue weighted by atomic mass is 35.5. The summed E-state index contributed by atoms with van der Waals surface area (Å²) in [5.41, 5.74) is 8.95. The maximum atomic E-state index is 6.02. The molecule has 0 aliphatic carbocycles. The largest absolute Gasteiger partial charge is 0.398 e. The average Bonchev–Trinajstić information content (AvgIpc) is 2.87. The van der Waals surface area contributed by atoms with Crippen LogP contribution in [0.25, 0.3) is 10.9 Å². The van der Waals surface area contributed by atoms with E-state index in [1.807, 2.05) is 30.5 Å². The van der Waals surface area contributed by atoms with Gasteiger partial charge in [0, 0.05) is 35.2 Å². The van der Waals surface area contributed by atoms with Gasteiger partial charge in [-0.15, -0.1) is 11.3 Å². The lowest BCUT2D eigenvalue weighted by Crippen LogP contribution is -2.17. The van der Waals surface area contributed by atoms with Crippen LogP contribution < -0.4 is 5.73 Å². The van der Waals surface area contributed by atoms with Crippen molar-refractivity contribution < 1.29 is 0 Å². The molecule has 21 heavy (non-hydrogen) atoms. The topological polar surface area (TPSA) is 42.1 Å². The number of hydrogen-bond donors (Lipinski definition) is 1. The first-order chi connectivity index (χ1) is 10.1. The number of nitrogen functional groups attached to an aromatic ring is 1. The van der Waals surface area contributed by atoms with Crippen LogP contribution in [0, 0.1) is 0 Å². The first kappa shape index (κ1) is 14.3. The van der Waals surface area contributed by atoms with Crippen LogP contribution in [0.1, 0.15) is 10.4 Å². The number of nitrogens with two attached hydrogens (primary N) is 1. The minimum atomic E-state index is 0.773. The van der Waals surface area contributed by atoms with Crippen molar-refractivity contribution in [2.45, 2.75) is 13.1 Å². The zero-order valence-electron chi connectivity index (χ0n) is 11.7. The number of halogens is 1. The Morgan fingerprint density at radius 2 is 2.05 bits per heavy atom. The first-order valence-corrected chi connectivity index (χ1v) is 7.88. The molecule has 0 aliphatic rings. The first-order valence-electron chi connectivity index (χ1n) is 6.68. The van der Waals surface area contributed by atoms with E-state index in [2.05, 4.69) is 29.1 Å². The van der Waals surface area contributed by atoms with Crippen molar-refractivity contribution in [2.24, 2.45) is 0 Å². The number of rotatable bonds is 4. The molecule has 0 saturated heterocycles. The fourth-order valence-corrected chi connectivity index (χ4v) is 3.60. The quantitative estimate of drug-likeness (QED) is 0.735. The summed E-state index contributed by atoms with van der Waals surface area (Å²) in [6.45, 7) is 1.69. The third-order valence-corrected chi connectivity index (χ3v) is 4.60. The standard InChI is InChI=1S/C16H16ClN3S/c1-20(10-12-5-7-15(17)21-12)9-11-4-6-14(18)13-3-2-8-19-16(11)13/h2-8H,9-10,18H2,1H3. The number of nitrogens with zero attached hydrogens (tertiary/aromatic N) is 2. The summed E-state index contributed by atoms with van der Waals surface area (Å²) < 4.78 is 0.831. The number of fused-ring (bicyclic) bond motifs is 1. The Hall–Kier alpha value is -1.62. The van der Waals surface area contributed by atoms with Gasteiger partial charge in [0.05, 0.1) is 9.85 Å². The Morgan fingerprint density at radius 1 is 1.19 bits per heavy atom. The van der Waals surface area contributed by atoms with Gasteiger partial charge in [0.2, 0.25) is 0 Å². The van der Waals surface area contributed by atoms with E-state index in [1.165, 1.54) is 10.4 Å². The number of thiophene rings is 1. The predicted molar refractivity (Wildman–Crippen MR) is 90.7 cm³/mol. The maximum Gasteiger partial charge on any atom is 0.0931 e. The van der Waals surface area contributed by atoms with Gasteiger partial charge in [0.25, 0.3) is 0 Å². The van der Waals surface area contributed by atoms with Crippen LogP contribution in [-0.4, -0.2) is 16.9 Å². The van der Waals surface area contributed by atoms with Crippen LogP contribution in [0.5, 0.6) is 0 Å². The zero-order chi connectivity index (χ0) is 14.8. The molecule has 2 aromatic heterocycles. The van der Waals surface area contributed by atoms with Gasteiger partial charge < -0.3 is 5.73 Å². The van der Waals surface area contributed by atoms with Crippen molar-refractivity contribution >= 4 is 39.5 Å². The van der Waals surface area contributed by atoms with Gasteiger partial charge in [-0.3, -0.25) is 9.88 Å². The molecule has 0 fully saturated rings. The van der Waals surface area contributed by atoms with Crippen LogP contribution in [0.4, 0.5) is 5.69 Å². The number of pyridine rings is 1. The fourth-order valence-electron chi connectivity index (χ4n) is 2.43. The summed E-state index contributed by atoms with van der Waals surface area (Å²) >= 11 is 7.60. The summed E-state index contributed by atoms with van der Waals surface area (Å²) in [4.78, 5) is 7.99. The van der Waals surface area contributed by atoms with Gasteiger partial charge in [0.15, 0.2) is 0 Å². The van der Waals surface area contributed by atoms with Gasteiger partial charge in [-0.2, -0.15) is 0 Å². The highest BCUT2D eigenvalue weighted by Gasteiger charge is 2.09. The smallest absolute Gasteiger partial charge is 0.0931 e. The van der Waals surface area contributed by atoms with Gasteiger partial charge in [0.1, 0.15) is 0 Å². The third-order valence-electron chi connectivity index (χ3n) is 3.38. The van der Waals surface area contributed by atoms with Gasteiger partial charge in [-0.05, 0) is 42.9 Å². The van der Waals surface area contributed by atoms with Crippen molar-refractivity contribution in [3.63, 3.8) is 0 Å². The molecular weight excluding hydrogens is 302 g/mol. The molecule has 3 nitrogen and oxygen atoms in total. The average molecular weight is 318 g/mol. The zero-order valence-corrected chi connectivity index (χ0v) is 13.3. The Morgan fingerprint density at radius 3 is 2.81 bits per heavy atom. The second-order valence-corrected chi connectivity index (χ2v) is 6.89. The lowest BCUT2D eigenvalue weighted by molar-refractivity contribution is 0.323. The molecule has 2 heterocycles. The normalized spacial score (nSPS) is 11.4. The second-order valence-electron chi connectivity index (χ2n) is 5.09. The molecule has 3 rings (SSSR count). The van der Waals surface area contributed by atoms with E-state index in [1.54, 1.807) is 11.3 Å². The Bertz CT molecular complexity index is 769. The van der Waals surface area contributed by atoms with E-state index in [9.17, 15) is 0 Å². The molecule has 0 aliphatic heterocycles. The monoisotopic (exact) mass is 317 g/mol. The molecule has 0 atom stereocenters. The van der Waals surface area contributed by atoms with Crippen molar-refractivity contribution in [1.29, 1.82) is 0 Å². The predicted octanol–water partition coefficient (Wildman–Crippen LogP) is 4.16. The van der Waals surface area contributed by atoms with E-state index in [0.29, 0.717) is 0 Å². The molecule has 0 unspecified atom stereocenters. The molecule has 0 spiro atoms. The lowest BCUT2D eigenvalue weighted by atomic mass is 10.1.